The minimum absolute atomic E-state index is 0.0179. The minimum Gasteiger partial charge on any atom is -0.341 e. The lowest BCUT2D eigenvalue weighted by atomic mass is 10.1. The molecule has 5 heteroatoms. The average Bonchev–Trinajstić information content (AvgIpc) is 2.83. The predicted molar refractivity (Wildman–Crippen MR) is 78.0 cm³/mol. The van der Waals surface area contributed by atoms with E-state index in [0.717, 1.165) is 11.4 Å². The molecule has 0 spiro atoms. The van der Waals surface area contributed by atoms with E-state index in [-0.39, 0.29) is 11.9 Å². The van der Waals surface area contributed by atoms with Crippen molar-refractivity contribution in [2.24, 2.45) is 7.05 Å². The van der Waals surface area contributed by atoms with E-state index in [1.807, 2.05) is 54.4 Å². The average molecular weight is 275 g/mol. The summed E-state index contributed by atoms with van der Waals surface area (Å²) in [4.78, 5) is 16.2. The number of aryl methyl sites for hydroxylation is 1. The third-order valence-corrected chi connectivity index (χ3v) is 3.38. The van der Waals surface area contributed by atoms with Crippen LogP contribution in [0.5, 0.6) is 0 Å². The highest BCUT2D eigenvalue weighted by atomic mass is 32.2. The van der Waals surface area contributed by atoms with Gasteiger partial charge in [-0.25, -0.2) is 4.98 Å². The maximum absolute atomic E-state index is 11.9. The SMILES string of the molecule is CSCC(=O)NC(c1ccccc1)c1nccn1C. The Balaban J connectivity index is 2.29. The number of carbonyl (C=O) groups excluding carboxylic acids is 1. The third kappa shape index (κ3) is 3.38. The van der Waals surface area contributed by atoms with Crippen LogP contribution in [0.2, 0.25) is 0 Å². The molecule has 4 nitrogen and oxygen atoms in total. The van der Waals surface area contributed by atoms with E-state index in [1.165, 1.54) is 11.8 Å². The first-order valence-corrected chi connectivity index (χ1v) is 7.42. The van der Waals surface area contributed by atoms with Gasteiger partial charge in [-0.2, -0.15) is 11.8 Å². The summed E-state index contributed by atoms with van der Waals surface area (Å²) in [6, 6.07) is 9.68. The number of imidazole rings is 1. The molecule has 0 saturated carbocycles. The van der Waals surface area contributed by atoms with Gasteiger partial charge in [0.25, 0.3) is 0 Å². The standard InChI is InChI=1S/C14H17N3OS/c1-17-9-8-15-14(17)13(16-12(18)10-19-2)11-6-4-3-5-7-11/h3-9,13H,10H2,1-2H3,(H,16,18). The highest BCUT2D eigenvalue weighted by molar-refractivity contribution is 7.99. The highest BCUT2D eigenvalue weighted by Crippen LogP contribution is 2.20. The molecule has 100 valence electrons. The first-order valence-electron chi connectivity index (χ1n) is 6.03. The zero-order chi connectivity index (χ0) is 13.7. The van der Waals surface area contributed by atoms with Crippen molar-refractivity contribution in [3.63, 3.8) is 0 Å². The number of rotatable bonds is 5. The number of aromatic nitrogens is 2. The number of hydrogen-bond donors (Lipinski definition) is 1. The van der Waals surface area contributed by atoms with Gasteiger partial charge in [-0.1, -0.05) is 30.3 Å². The quantitative estimate of drug-likeness (QED) is 0.907. The molecule has 0 aliphatic carbocycles. The van der Waals surface area contributed by atoms with Crippen LogP contribution >= 0.6 is 11.8 Å². The minimum atomic E-state index is -0.208. The summed E-state index contributed by atoms with van der Waals surface area (Å²) in [5, 5.41) is 3.03. The van der Waals surface area contributed by atoms with Crippen LogP contribution in [0.15, 0.2) is 42.7 Å². The van der Waals surface area contributed by atoms with Gasteiger partial charge in [0.2, 0.25) is 5.91 Å². The van der Waals surface area contributed by atoms with Gasteiger partial charge in [0.15, 0.2) is 0 Å². The van der Waals surface area contributed by atoms with Gasteiger partial charge in [-0.05, 0) is 11.8 Å². The first kappa shape index (κ1) is 13.7. The zero-order valence-electron chi connectivity index (χ0n) is 11.0. The molecule has 1 unspecified atom stereocenters. The van der Waals surface area contributed by atoms with Crippen LogP contribution in [0.25, 0.3) is 0 Å². The van der Waals surface area contributed by atoms with E-state index in [0.29, 0.717) is 5.75 Å². The number of nitrogens with one attached hydrogen (secondary N) is 1. The molecule has 0 bridgehead atoms. The lowest BCUT2D eigenvalue weighted by molar-refractivity contribution is -0.119. The Labute approximate surface area is 117 Å². The molecule has 1 N–H and O–H groups in total. The smallest absolute Gasteiger partial charge is 0.230 e. The molecule has 2 rings (SSSR count). The van der Waals surface area contributed by atoms with Gasteiger partial charge < -0.3 is 9.88 Å². The van der Waals surface area contributed by atoms with Crippen LogP contribution in [-0.2, 0) is 11.8 Å². The summed E-state index contributed by atoms with van der Waals surface area (Å²) in [6.07, 6.45) is 5.54. The number of nitrogens with zero attached hydrogens (tertiary/aromatic N) is 2. The molecule has 2 aromatic rings. The highest BCUT2D eigenvalue weighted by Gasteiger charge is 2.19. The van der Waals surface area contributed by atoms with Crippen molar-refractivity contribution in [1.29, 1.82) is 0 Å². The largest absolute Gasteiger partial charge is 0.341 e. The Hall–Kier alpha value is -1.75. The van der Waals surface area contributed by atoms with E-state index in [4.69, 9.17) is 0 Å². The Kier molecular flexibility index (Phi) is 4.63. The molecule has 19 heavy (non-hydrogen) atoms. The zero-order valence-corrected chi connectivity index (χ0v) is 11.9. The molecule has 0 radical (unpaired) electrons. The van der Waals surface area contributed by atoms with Gasteiger partial charge in [-0.15, -0.1) is 0 Å². The second-order valence-electron chi connectivity index (χ2n) is 4.24. The van der Waals surface area contributed by atoms with Crippen LogP contribution in [-0.4, -0.2) is 27.5 Å². The summed E-state index contributed by atoms with van der Waals surface area (Å²) in [5.74, 6) is 1.30. The van der Waals surface area contributed by atoms with Gasteiger partial charge >= 0.3 is 0 Å². The number of thioether (sulfide) groups is 1. The number of carbonyl (C=O) groups is 1. The van der Waals surface area contributed by atoms with Crippen molar-refractivity contribution in [3.05, 3.63) is 54.1 Å². The molecule has 0 saturated heterocycles. The Morgan fingerprint density at radius 2 is 2.16 bits per heavy atom. The molecule has 0 aliphatic rings. The van der Waals surface area contributed by atoms with Crippen molar-refractivity contribution in [3.8, 4) is 0 Å². The summed E-state index contributed by atoms with van der Waals surface area (Å²) in [6.45, 7) is 0. The Morgan fingerprint density at radius 1 is 1.42 bits per heavy atom. The summed E-state index contributed by atoms with van der Waals surface area (Å²) >= 11 is 1.51. The molecule has 1 aromatic carbocycles. The predicted octanol–water partition coefficient (Wildman–Crippen LogP) is 1.99. The van der Waals surface area contributed by atoms with Crippen LogP contribution < -0.4 is 5.32 Å². The van der Waals surface area contributed by atoms with Gasteiger partial charge in [0, 0.05) is 19.4 Å². The van der Waals surface area contributed by atoms with E-state index in [2.05, 4.69) is 10.3 Å². The Bertz CT molecular complexity index is 539. The molecule has 1 amide bonds. The van der Waals surface area contributed by atoms with Crippen molar-refractivity contribution in [2.75, 3.05) is 12.0 Å². The fraction of sp³-hybridized carbons (Fsp3) is 0.286. The molecule has 1 aromatic heterocycles. The topological polar surface area (TPSA) is 46.9 Å². The summed E-state index contributed by atoms with van der Waals surface area (Å²) < 4.78 is 1.93. The summed E-state index contributed by atoms with van der Waals surface area (Å²) in [5.41, 5.74) is 1.03. The van der Waals surface area contributed by atoms with Gasteiger partial charge in [0.05, 0.1) is 5.75 Å². The monoisotopic (exact) mass is 275 g/mol. The lowest BCUT2D eigenvalue weighted by Gasteiger charge is -2.18. The molecule has 1 atom stereocenters. The number of benzene rings is 1. The molecule has 1 heterocycles. The van der Waals surface area contributed by atoms with Gasteiger partial charge in [-0.3, -0.25) is 4.79 Å². The second-order valence-corrected chi connectivity index (χ2v) is 5.11. The van der Waals surface area contributed by atoms with Gasteiger partial charge in [0.1, 0.15) is 11.9 Å². The molecule has 0 aliphatic heterocycles. The second kappa shape index (κ2) is 6.43. The molecular formula is C14H17N3OS. The third-order valence-electron chi connectivity index (χ3n) is 2.83. The van der Waals surface area contributed by atoms with Crippen LogP contribution in [0, 0.1) is 0 Å². The van der Waals surface area contributed by atoms with Crippen molar-refractivity contribution < 1.29 is 4.79 Å². The van der Waals surface area contributed by atoms with E-state index < -0.39 is 0 Å². The molecule has 0 fully saturated rings. The maximum atomic E-state index is 11.9. The fourth-order valence-electron chi connectivity index (χ4n) is 1.93. The van der Waals surface area contributed by atoms with E-state index in [9.17, 15) is 4.79 Å². The van der Waals surface area contributed by atoms with Crippen molar-refractivity contribution in [2.45, 2.75) is 6.04 Å². The van der Waals surface area contributed by atoms with E-state index >= 15 is 0 Å². The van der Waals surface area contributed by atoms with E-state index in [1.54, 1.807) is 6.20 Å². The molecular weight excluding hydrogens is 258 g/mol. The fourth-order valence-corrected chi connectivity index (χ4v) is 2.28. The van der Waals surface area contributed by atoms with Crippen molar-refractivity contribution >= 4 is 17.7 Å². The maximum Gasteiger partial charge on any atom is 0.230 e. The number of hydrogen-bond acceptors (Lipinski definition) is 3. The first-order chi connectivity index (χ1) is 9.22. The van der Waals surface area contributed by atoms with Crippen LogP contribution in [0.3, 0.4) is 0 Å². The normalized spacial score (nSPS) is 12.1. The lowest BCUT2D eigenvalue weighted by Crippen LogP contribution is -2.32. The Morgan fingerprint density at radius 3 is 2.74 bits per heavy atom. The van der Waals surface area contributed by atoms with Crippen LogP contribution in [0.4, 0.5) is 0 Å². The van der Waals surface area contributed by atoms with Crippen molar-refractivity contribution in [1.82, 2.24) is 14.9 Å². The number of amides is 1. The van der Waals surface area contributed by atoms with Crippen LogP contribution in [0.1, 0.15) is 17.4 Å². The summed E-state index contributed by atoms with van der Waals surface area (Å²) in [7, 11) is 1.93.